The Balaban J connectivity index is 1.75. The van der Waals surface area contributed by atoms with Gasteiger partial charge in [0.2, 0.25) is 5.91 Å². The first-order valence-electron chi connectivity index (χ1n) is 7.78. The van der Waals surface area contributed by atoms with Gasteiger partial charge in [-0.25, -0.2) is 0 Å². The maximum atomic E-state index is 12.7. The molecule has 1 heterocycles. The van der Waals surface area contributed by atoms with Gasteiger partial charge in [-0.2, -0.15) is 0 Å². The number of ether oxygens (including phenoxy) is 1. The zero-order valence-corrected chi connectivity index (χ0v) is 14.5. The fourth-order valence-electron chi connectivity index (χ4n) is 2.53. The van der Waals surface area contributed by atoms with Crippen molar-refractivity contribution in [1.82, 2.24) is 5.32 Å². The molecular weight excluding hydrogens is 340 g/mol. The first-order valence-corrected chi connectivity index (χ1v) is 8.76. The van der Waals surface area contributed by atoms with E-state index in [1.807, 2.05) is 6.07 Å². The van der Waals surface area contributed by atoms with Crippen molar-refractivity contribution in [3.8, 4) is 11.5 Å². The van der Waals surface area contributed by atoms with Gasteiger partial charge >= 0.3 is 0 Å². The van der Waals surface area contributed by atoms with Gasteiger partial charge in [0.1, 0.15) is 11.5 Å². The molecule has 1 atom stereocenters. The van der Waals surface area contributed by atoms with Gasteiger partial charge in [-0.1, -0.05) is 12.1 Å². The largest absolute Gasteiger partial charge is 0.508 e. The van der Waals surface area contributed by atoms with E-state index in [9.17, 15) is 14.7 Å². The third kappa shape index (κ3) is 3.88. The van der Waals surface area contributed by atoms with Gasteiger partial charge in [0.25, 0.3) is 5.91 Å². The van der Waals surface area contributed by atoms with Gasteiger partial charge in [-0.05, 0) is 36.4 Å². The van der Waals surface area contributed by atoms with Crippen LogP contribution in [0.15, 0.2) is 53.4 Å². The molecule has 3 rings (SSSR count). The average Bonchev–Trinajstić information content (AvgIpc) is 2.65. The summed E-state index contributed by atoms with van der Waals surface area (Å²) in [4.78, 5) is 27.2. The number of rotatable bonds is 4. The second kappa shape index (κ2) is 7.48. The van der Waals surface area contributed by atoms with Crippen molar-refractivity contribution in [2.24, 2.45) is 0 Å². The minimum atomic E-state index is -0.734. The summed E-state index contributed by atoms with van der Waals surface area (Å²) in [5, 5.41) is 11.9. The third-order valence-corrected chi connectivity index (χ3v) is 4.81. The monoisotopic (exact) mass is 358 g/mol. The lowest BCUT2D eigenvalue weighted by Gasteiger charge is -2.34. The fraction of sp³-hybridized carbons (Fsp3) is 0.222. The average molecular weight is 358 g/mol. The standard InChI is InChI=1S/C18H18N2O4S/c1-19-18(23)16-10-20(14-4-2-3-5-15(14)24-16)17(22)11-25-13-8-6-12(21)7-9-13/h2-9,16,21H,10-11H2,1H3,(H,19,23)/t16-/m1/s1. The molecule has 130 valence electrons. The predicted octanol–water partition coefficient (Wildman–Crippen LogP) is 2.02. The van der Waals surface area contributed by atoms with Gasteiger partial charge in [-0.15, -0.1) is 11.8 Å². The zero-order chi connectivity index (χ0) is 17.8. The van der Waals surface area contributed by atoms with E-state index in [0.717, 1.165) is 4.90 Å². The van der Waals surface area contributed by atoms with E-state index in [-0.39, 0.29) is 29.9 Å². The molecule has 1 aliphatic rings. The highest BCUT2D eigenvalue weighted by Gasteiger charge is 2.33. The van der Waals surface area contributed by atoms with Crippen molar-refractivity contribution in [1.29, 1.82) is 0 Å². The number of amides is 2. The van der Waals surface area contributed by atoms with Crippen LogP contribution in [0.3, 0.4) is 0 Å². The Hall–Kier alpha value is -2.67. The molecule has 0 radical (unpaired) electrons. The number of anilines is 1. The van der Waals surface area contributed by atoms with Crippen LogP contribution in [0.5, 0.6) is 11.5 Å². The lowest BCUT2D eigenvalue weighted by atomic mass is 10.2. The molecule has 25 heavy (non-hydrogen) atoms. The van der Waals surface area contributed by atoms with E-state index in [4.69, 9.17) is 4.74 Å². The lowest BCUT2D eigenvalue weighted by Crippen LogP contribution is -2.50. The van der Waals surface area contributed by atoms with Crippen LogP contribution in [0.2, 0.25) is 0 Å². The summed E-state index contributed by atoms with van der Waals surface area (Å²) in [5.74, 6) is 0.553. The number of hydrogen-bond donors (Lipinski definition) is 2. The minimum Gasteiger partial charge on any atom is -0.508 e. The molecule has 0 unspecified atom stereocenters. The second-order valence-corrected chi connectivity index (χ2v) is 6.52. The molecule has 0 fully saturated rings. The Morgan fingerprint density at radius 1 is 1.24 bits per heavy atom. The van der Waals surface area contributed by atoms with Gasteiger partial charge in [0.05, 0.1) is 18.0 Å². The molecule has 0 aromatic heterocycles. The number of benzene rings is 2. The molecule has 6 nitrogen and oxygen atoms in total. The Morgan fingerprint density at radius 2 is 1.96 bits per heavy atom. The Labute approximate surface area is 149 Å². The summed E-state index contributed by atoms with van der Waals surface area (Å²) < 4.78 is 5.70. The highest BCUT2D eigenvalue weighted by molar-refractivity contribution is 8.00. The predicted molar refractivity (Wildman–Crippen MR) is 96.1 cm³/mol. The van der Waals surface area contributed by atoms with E-state index < -0.39 is 6.10 Å². The number of fused-ring (bicyclic) bond motifs is 1. The number of aromatic hydroxyl groups is 1. The highest BCUT2D eigenvalue weighted by atomic mass is 32.2. The number of carbonyl (C=O) groups is 2. The van der Waals surface area contributed by atoms with Crippen molar-refractivity contribution >= 4 is 29.3 Å². The number of thioether (sulfide) groups is 1. The second-order valence-electron chi connectivity index (χ2n) is 5.48. The van der Waals surface area contributed by atoms with E-state index in [0.29, 0.717) is 11.4 Å². The zero-order valence-electron chi connectivity index (χ0n) is 13.6. The topological polar surface area (TPSA) is 78.9 Å². The van der Waals surface area contributed by atoms with Crippen LogP contribution in [0.4, 0.5) is 5.69 Å². The normalized spacial score (nSPS) is 15.9. The van der Waals surface area contributed by atoms with Crippen molar-refractivity contribution in [2.75, 3.05) is 24.2 Å². The molecular formula is C18H18N2O4S. The molecule has 7 heteroatoms. The van der Waals surface area contributed by atoms with Gasteiger partial charge in [0.15, 0.2) is 6.10 Å². The van der Waals surface area contributed by atoms with Gasteiger partial charge in [0, 0.05) is 11.9 Å². The summed E-state index contributed by atoms with van der Waals surface area (Å²) in [6.45, 7) is 0.172. The first kappa shape index (κ1) is 17.2. The number of likely N-dealkylation sites (N-methyl/N-ethyl adjacent to an activating group) is 1. The molecule has 0 saturated heterocycles. The molecule has 0 bridgehead atoms. The molecule has 2 N–H and O–H groups in total. The molecule has 2 amide bonds. The molecule has 1 aliphatic heterocycles. The SMILES string of the molecule is CNC(=O)[C@H]1CN(C(=O)CSc2ccc(O)cc2)c2ccccc2O1. The summed E-state index contributed by atoms with van der Waals surface area (Å²) in [7, 11) is 1.54. The van der Waals surface area contributed by atoms with E-state index in [2.05, 4.69) is 5.32 Å². The van der Waals surface area contributed by atoms with E-state index in [1.165, 1.54) is 11.8 Å². The number of carbonyl (C=O) groups excluding carboxylic acids is 2. The van der Waals surface area contributed by atoms with Crippen LogP contribution >= 0.6 is 11.8 Å². The fourth-order valence-corrected chi connectivity index (χ4v) is 3.31. The molecule has 2 aromatic carbocycles. The Morgan fingerprint density at radius 3 is 2.68 bits per heavy atom. The Bertz CT molecular complexity index is 779. The van der Waals surface area contributed by atoms with Gasteiger partial charge in [-0.3, -0.25) is 9.59 Å². The number of phenolic OH excluding ortho intramolecular Hbond substituents is 1. The van der Waals surface area contributed by atoms with Crippen molar-refractivity contribution < 1.29 is 19.4 Å². The summed E-state index contributed by atoms with van der Waals surface area (Å²) in [6.07, 6.45) is -0.734. The maximum Gasteiger partial charge on any atom is 0.262 e. The number of para-hydroxylation sites is 2. The molecule has 0 aliphatic carbocycles. The van der Waals surface area contributed by atoms with Crippen LogP contribution in [0.25, 0.3) is 0 Å². The molecule has 0 saturated carbocycles. The minimum absolute atomic E-state index is 0.109. The van der Waals surface area contributed by atoms with Crippen LogP contribution in [0.1, 0.15) is 0 Å². The van der Waals surface area contributed by atoms with Crippen LogP contribution in [0, 0.1) is 0 Å². The van der Waals surface area contributed by atoms with Crippen molar-refractivity contribution in [3.63, 3.8) is 0 Å². The van der Waals surface area contributed by atoms with Crippen LogP contribution in [-0.4, -0.2) is 42.4 Å². The summed E-state index contributed by atoms with van der Waals surface area (Å²) in [5.41, 5.74) is 0.666. The van der Waals surface area contributed by atoms with Crippen LogP contribution < -0.4 is 15.0 Å². The van der Waals surface area contributed by atoms with Crippen molar-refractivity contribution in [2.45, 2.75) is 11.0 Å². The summed E-state index contributed by atoms with van der Waals surface area (Å²) in [6, 6.07) is 13.9. The number of hydrogen-bond acceptors (Lipinski definition) is 5. The maximum absolute atomic E-state index is 12.7. The number of phenols is 1. The number of nitrogens with one attached hydrogen (secondary N) is 1. The Kier molecular flexibility index (Phi) is 5.14. The quantitative estimate of drug-likeness (QED) is 0.818. The number of nitrogens with zero attached hydrogens (tertiary/aromatic N) is 1. The third-order valence-electron chi connectivity index (χ3n) is 3.81. The molecule has 2 aromatic rings. The van der Waals surface area contributed by atoms with E-state index in [1.54, 1.807) is 54.4 Å². The smallest absolute Gasteiger partial charge is 0.262 e. The first-order chi connectivity index (χ1) is 12.1. The van der Waals surface area contributed by atoms with E-state index >= 15 is 0 Å². The van der Waals surface area contributed by atoms with Crippen molar-refractivity contribution in [3.05, 3.63) is 48.5 Å². The van der Waals surface area contributed by atoms with Crippen LogP contribution in [-0.2, 0) is 9.59 Å². The summed E-state index contributed by atoms with van der Waals surface area (Å²) >= 11 is 1.38. The highest BCUT2D eigenvalue weighted by Crippen LogP contribution is 2.34. The van der Waals surface area contributed by atoms with Gasteiger partial charge < -0.3 is 20.1 Å². The molecule has 0 spiro atoms. The lowest BCUT2D eigenvalue weighted by molar-refractivity contribution is -0.127.